The van der Waals surface area contributed by atoms with Gasteiger partial charge in [0.1, 0.15) is 0 Å². The van der Waals surface area contributed by atoms with Gasteiger partial charge in [-0.25, -0.2) is 12.7 Å². The second-order valence-corrected chi connectivity index (χ2v) is 8.92. The third kappa shape index (κ3) is 4.27. The van der Waals surface area contributed by atoms with Crippen molar-refractivity contribution >= 4 is 27.3 Å². The summed E-state index contributed by atoms with van der Waals surface area (Å²) in [5.41, 5.74) is 1.32. The third-order valence-corrected chi connectivity index (χ3v) is 6.26. The van der Waals surface area contributed by atoms with Crippen LogP contribution in [-0.2, 0) is 14.8 Å². The van der Waals surface area contributed by atoms with E-state index in [1.165, 1.54) is 37.3 Å². The average molecular weight is 353 g/mol. The van der Waals surface area contributed by atoms with Gasteiger partial charge in [0.05, 0.1) is 16.3 Å². The minimum absolute atomic E-state index is 0.0515. The van der Waals surface area contributed by atoms with E-state index in [1.54, 1.807) is 12.1 Å². The van der Waals surface area contributed by atoms with E-state index in [2.05, 4.69) is 5.32 Å². The van der Waals surface area contributed by atoms with E-state index < -0.39 is 10.0 Å². The second kappa shape index (κ2) is 7.53. The van der Waals surface area contributed by atoms with E-state index in [-0.39, 0.29) is 10.8 Å². The van der Waals surface area contributed by atoms with E-state index >= 15 is 0 Å². The Morgan fingerprint density at radius 1 is 1.17 bits per heavy atom. The van der Waals surface area contributed by atoms with Crippen LogP contribution in [-0.4, -0.2) is 46.8 Å². The third-order valence-electron chi connectivity index (χ3n) is 4.45. The van der Waals surface area contributed by atoms with Crippen molar-refractivity contribution in [3.05, 3.63) is 18.2 Å². The molecular weight excluding hydrogens is 326 g/mol. The van der Waals surface area contributed by atoms with E-state index in [1.807, 2.05) is 19.0 Å². The number of hydrogen-bond donors (Lipinski definition) is 1. The molecule has 1 amide bonds. The van der Waals surface area contributed by atoms with Crippen LogP contribution in [0.3, 0.4) is 0 Å². The standard InChI is InChI=1S/C17H27N3O3S/c1-19(2)16-10-9-14(24(22,23)20(3)4)12-15(16)18-17(21)11-13-7-5-6-8-13/h9-10,12-13H,5-8,11H2,1-4H3,(H,18,21). The minimum Gasteiger partial charge on any atom is -0.376 e. The molecule has 0 spiro atoms. The fourth-order valence-electron chi connectivity index (χ4n) is 3.05. The Kier molecular flexibility index (Phi) is 5.87. The highest BCUT2D eigenvalue weighted by Gasteiger charge is 2.22. The fourth-order valence-corrected chi connectivity index (χ4v) is 3.98. The van der Waals surface area contributed by atoms with E-state index in [0.29, 0.717) is 18.0 Å². The van der Waals surface area contributed by atoms with Gasteiger partial charge < -0.3 is 10.2 Å². The Morgan fingerprint density at radius 2 is 1.79 bits per heavy atom. The summed E-state index contributed by atoms with van der Waals surface area (Å²) in [6, 6.07) is 4.83. The maximum Gasteiger partial charge on any atom is 0.242 e. The molecule has 0 aromatic heterocycles. The summed E-state index contributed by atoms with van der Waals surface area (Å²) in [5.74, 6) is 0.394. The molecule has 1 aromatic carbocycles. The van der Waals surface area contributed by atoms with Gasteiger partial charge in [-0.2, -0.15) is 0 Å². The maximum atomic E-state index is 12.3. The Bertz CT molecular complexity index is 693. The van der Waals surface area contributed by atoms with E-state index in [4.69, 9.17) is 0 Å². The molecule has 0 atom stereocenters. The molecule has 134 valence electrons. The predicted octanol–water partition coefficient (Wildman–Crippen LogP) is 2.52. The molecular formula is C17H27N3O3S. The Labute approximate surface area is 144 Å². The number of carbonyl (C=O) groups excluding carboxylic acids is 1. The number of amides is 1. The Morgan fingerprint density at radius 3 is 2.33 bits per heavy atom. The van der Waals surface area contributed by atoms with Crippen LogP contribution < -0.4 is 10.2 Å². The molecule has 0 aliphatic heterocycles. The molecule has 2 rings (SSSR count). The first-order chi connectivity index (χ1) is 11.2. The van der Waals surface area contributed by atoms with Crippen molar-refractivity contribution < 1.29 is 13.2 Å². The first kappa shape index (κ1) is 18.7. The van der Waals surface area contributed by atoms with Crippen LogP contribution in [0.15, 0.2) is 23.1 Å². The monoisotopic (exact) mass is 353 g/mol. The van der Waals surface area contributed by atoms with Crippen molar-refractivity contribution in [2.45, 2.75) is 37.0 Å². The normalized spacial score (nSPS) is 15.7. The average Bonchev–Trinajstić information content (AvgIpc) is 2.99. The molecule has 1 fully saturated rings. The first-order valence-electron chi connectivity index (χ1n) is 8.25. The summed E-state index contributed by atoms with van der Waals surface area (Å²) in [6.45, 7) is 0. The molecule has 0 bridgehead atoms. The number of rotatable bonds is 6. The fraction of sp³-hybridized carbons (Fsp3) is 0.588. The van der Waals surface area contributed by atoms with Crippen LogP contribution in [0.1, 0.15) is 32.1 Å². The number of nitrogens with zero attached hydrogens (tertiary/aromatic N) is 2. The number of benzene rings is 1. The van der Waals surface area contributed by atoms with Crippen LogP contribution in [0, 0.1) is 5.92 Å². The van der Waals surface area contributed by atoms with Crippen molar-refractivity contribution in [1.29, 1.82) is 0 Å². The summed E-state index contributed by atoms with van der Waals surface area (Å²) in [4.78, 5) is 14.4. The first-order valence-corrected chi connectivity index (χ1v) is 9.69. The van der Waals surface area contributed by atoms with Gasteiger partial charge in [0.25, 0.3) is 0 Å². The highest BCUT2D eigenvalue weighted by atomic mass is 32.2. The summed E-state index contributed by atoms with van der Waals surface area (Å²) in [5, 5.41) is 2.91. The molecule has 1 saturated carbocycles. The SMILES string of the molecule is CN(C)c1ccc(S(=O)(=O)N(C)C)cc1NC(=O)CC1CCCC1. The highest BCUT2D eigenvalue weighted by molar-refractivity contribution is 7.89. The quantitative estimate of drug-likeness (QED) is 0.853. The summed E-state index contributed by atoms with van der Waals surface area (Å²) < 4.78 is 25.8. The zero-order chi connectivity index (χ0) is 17.9. The highest BCUT2D eigenvalue weighted by Crippen LogP contribution is 2.31. The van der Waals surface area contributed by atoms with Crippen LogP contribution in [0.25, 0.3) is 0 Å². The van der Waals surface area contributed by atoms with Crippen LogP contribution in [0.2, 0.25) is 0 Å². The van der Waals surface area contributed by atoms with Crippen LogP contribution in [0.5, 0.6) is 0 Å². The van der Waals surface area contributed by atoms with E-state index in [0.717, 1.165) is 18.5 Å². The van der Waals surface area contributed by atoms with Crippen molar-refractivity contribution in [3.63, 3.8) is 0 Å². The summed E-state index contributed by atoms with van der Waals surface area (Å²) in [6.07, 6.45) is 5.08. The van der Waals surface area contributed by atoms with Gasteiger partial charge in [-0.05, 0) is 37.0 Å². The van der Waals surface area contributed by atoms with Gasteiger partial charge in [-0.3, -0.25) is 4.79 Å². The molecule has 1 aliphatic rings. The number of anilines is 2. The molecule has 7 heteroatoms. The van der Waals surface area contributed by atoms with Crippen LogP contribution >= 0.6 is 0 Å². The lowest BCUT2D eigenvalue weighted by Crippen LogP contribution is -2.23. The van der Waals surface area contributed by atoms with Crippen LogP contribution in [0.4, 0.5) is 11.4 Å². The lowest BCUT2D eigenvalue weighted by Gasteiger charge is -2.20. The lowest BCUT2D eigenvalue weighted by molar-refractivity contribution is -0.117. The molecule has 24 heavy (non-hydrogen) atoms. The molecule has 1 aromatic rings. The predicted molar refractivity (Wildman–Crippen MR) is 96.8 cm³/mol. The molecule has 6 nitrogen and oxygen atoms in total. The number of sulfonamides is 1. The van der Waals surface area contributed by atoms with Gasteiger partial charge in [-0.1, -0.05) is 12.8 Å². The van der Waals surface area contributed by atoms with Crippen molar-refractivity contribution in [2.24, 2.45) is 5.92 Å². The van der Waals surface area contributed by atoms with Gasteiger partial charge in [0.2, 0.25) is 15.9 Å². The van der Waals surface area contributed by atoms with Gasteiger partial charge >= 0.3 is 0 Å². The molecule has 0 saturated heterocycles. The smallest absolute Gasteiger partial charge is 0.242 e. The molecule has 0 heterocycles. The van der Waals surface area contributed by atoms with E-state index in [9.17, 15) is 13.2 Å². The molecule has 1 N–H and O–H groups in total. The molecule has 0 radical (unpaired) electrons. The van der Waals surface area contributed by atoms with Gasteiger partial charge in [0.15, 0.2) is 0 Å². The molecule has 1 aliphatic carbocycles. The Balaban J connectivity index is 2.26. The van der Waals surface area contributed by atoms with Crippen molar-refractivity contribution in [1.82, 2.24) is 4.31 Å². The maximum absolute atomic E-state index is 12.3. The number of carbonyl (C=O) groups is 1. The summed E-state index contributed by atoms with van der Waals surface area (Å²) in [7, 11) is 3.18. The van der Waals surface area contributed by atoms with Gasteiger partial charge in [0, 0.05) is 34.6 Å². The Hall–Kier alpha value is -1.60. The lowest BCUT2D eigenvalue weighted by atomic mass is 10.0. The van der Waals surface area contributed by atoms with Gasteiger partial charge in [-0.15, -0.1) is 0 Å². The minimum atomic E-state index is -3.54. The topological polar surface area (TPSA) is 69.7 Å². The molecule has 0 unspecified atom stereocenters. The zero-order valence-electron chi connectivity index (χ0n) is 14.9. The largest absolute Gasteiger partial charge is 0.376 e. The number of hydrogen-bond acceptors (Lipinski definition) is 4. The zero-order valence-corrected chi connectivity index (χ0v) is 15.7. The number of nitrogens with one attached hydrogen (secondary N) is 1. The van der Waals surface area contributed by atoms with Crippen molar-refractivity contribution in [3.8, 4) is 0 Å². The second-order valence-electron chi connectivity index (χ2n) is 6.76. The van der Waals surface area contributed by atoms with Crippen molar-refractivity contribution in [2.75, 3.05) is 38.4 Å². The summed E-state index contributed by atoms with van der Waals surface area (Å²) >= 11 is 0.